The molecule has 0 unspecified atom stereocenters. The molecule has 0 aliphatic carbocycles. The number of nitrogens with one attached hydrogen (secondary N) is 1. The van der Waals surface area contributed by atoms with Gasteiger partial charge in [0, 0.05) is 11.3 Å². The van der Waals surface area contributed by atoms with Gasteiger partial charge in [0.2, 0.25) is 0 Å². The van der Waals surface area contributed by atoms with Crippen LogP contribution in [-0.2, 0) is 4.74 Å². The minimum absolute atomic E-state index is 0.0659. The molecule has 0 saturated carbocycles. The van der Waals surface area contributed by atoms with E-state index in [0.29, 0.717) is 12.2 Å². The molecule has 1 atom stereocenters. The van der Waals surface area contributed by atoms with Crippen molar-refractivity contribution in [1.29, 1.82) is 0 Å². The standard InChI is InChI=1S/C16H15N3O2/c17-16-19-14(10-21-16)11-6-8-13(9-7-11)18-15(20)12-4-2-1-3-5-12/h1-9,14H,10H2,(H2,17,19)(H,18,20)/t14-/m0/s1. The van der Waals surface area contributed by atoms with E-state index in [1.807, 2.05) is 42.5 Å². The lowest BCUT2D eigenvalue weighted by Crippen LogP contribution is -2.11. The van der Waals surface area contributed by atoms with Crippen molar-refractivity contribution in [1.82, 2.24) is 0 Å². The second kappa shape index (κ2) is 5.66. The summed E-state index contributed by atoms with van der Waals surface area (Å²) in [6.07, 6.45) is 0. The Bertz CT molecular complexity index is 666. The number of aliphatic imine (C=N–C) groups is 1. The topological polar surface area (TPSA) is 76.7 Å². The van der Waals surface area contributed by atoms with E-state index in [2.05, 4.69) is 10.3 Å². The molecular formula is C16H15N3O2. The normalized spacial score (nSPS) is 17.0. The molecule has 0 saturated heterocycles. The van der Waals surface area contributed by atoms with Crippen molar-refractivity contribution in [3.05, 3.63) is 65.7 Å². The van der Waals surface area contributed by atoms with Gasteiger partial charge in [-0.1, -0.05) is 30.3 Å². The third-order valence-electron chi connectivity index (χ3n) is 3.26. The Morgan fingerprint density at radius 2 is 1.86 bits per heavy atom. The van der Waals surface area contributed by atoms with Crippen LogP contribution in [0.2, 0.25) is 0 Å². The van der Waals surface area contributed by atoms with Crippen LogP contribution in [0.5, 0.6) is 0 Å². The van der Waals surface area contributed by atoms with Gasteiger partial charge in [-0.05, 0) is 29.8 Å². The third kappa shape index (κ3) is 3.02. The van der Waals surface area contributed by atoms with Crippen LogP contribution in [0.1, 0.15) is 22.0 Å². The minimum Gasteiger partial charge on any atom is -0.463 e. The van der Waals surface area contributed by atoms with Crippen LogP contribution in [0.25, 0.3) is 0 Å². The number of rotatable bonds is 3. The average molecular weight is 281 g/mol. The summed E-state index contributed by atoms with van der Waals surface area (Å²) in [7, 11) is 0. The van der Waals surface area contributed by atoms with Gasteiger partial charge in [0.25, 0.3) is 11.9 Å². The Morgan fingerprint density at radius 1 is 1.14 bits per heavy atom. The highest BCUT2D eigenvalue weighted by atomic mass is 16.5. The van der Waals surface area contributed by atoms with Crippen LogP contribution in [0, 0.1) is 0 Å². The van der Waals surface area contributed by atoms with E-state index in [4.69, 9.17) is 10.5 Å². The van der Waals surface area contributed by atoms with E-state index in [9.17, 15) is 4.79 Å². The van der Waals surface area contributed by atoms with Gasteiger partial charge in [-0.3, -0.25) is 4.79 Å². The molecule has 2 aromatic carbocycles. The lowest BCUT2D eigenvalue weighted by molar-refractivity contribution is 0.102. The zero-order valence-corrected chi connectivity index (χ0v) is 11.3. The molecule has 0 spiro atoms. The van der Waals surface area contributed by atoms with Crippen LogP contribution in [0.4, 0.5) is 5.69 Å². The van der Waals surface area contributed by atoms with Gasteiger partial charge in [0.05, 0.1) is 0 Å². The molecule has 1 amide bonds. The van der Waals surface area contributed by atoms with E-state index in [0.717, 1.165) is 11.3 Å². The molecule has 3 N–H and O–H groups in total. The van der Waals surface area contributed by atoms with Gasteiger partial charge in [-0.25, -0.2) is 4.99 Å². The van der Waals surface area contributed by atoms with Crippen molar-refractivity contribution < 1.29 is 9.53 Å². The highest BCUT2D eigenvalue weighted by Crippen LogP contribution is 2.23. The lowest BCUT2D eigenvalue weighted by atomic mass is 10.1. The van der Waals surface area contributed by atoms with E-state index in [-0.39, 0.29) is 18.0 Å². The second-order valence-electron chi connectivity index (χ2n) is 4.74. The van der Waals surface area contributed by atoms with Crippen molar-refractivity contribution >= 4 is 17.6 Å². The number of amidine groups is 1. The van der Waals surface area contributed by atoms with Gasteiger partial charge in [-0.15, -0.1) is 0 Å². The maximum atomic E-state index is 12.0. The monoisotopic (exact) mass is 281 g/mol. The fraction of sp³-hybridized carbons (Fsp3) is 0.125. The number of hydrogen-bond donors (Lipinski definition) is 2. The zero-order chi connectivity index (χ0) is 14.7. The predicted molar refractivity (Wildman–Crippen MR) is 81.2 cm³/mol. The number of carbonyl (C=O) groups is 1. The Hall–Kier alpha value is -2.82. The number of anilines is 1. The number of carbonyl (C=O) groups excluding carboxylic acids is 1. The Morgan fingerprint density at radius 3 is 2.48 bits per heavy atom. The molecular weight excluding hydrogens is 266 g/mol. The fourth-order valence-corrected chi connectivity index (χ4v) is 2.14. The average Bonchev–Trinajstić information content (AvgIpc) is 2.95. The van der Waals surface area contributed by atoms with E-state index in [1.165, 1.54) is 0 Å². The molecule has 2 aromatic rings. The van der Waals surface area contributed by atoms with Crippen molar-refractivity contribution in [2.45, 2.75) is 6.04 Å². The molecule has 21 heavy (non-hydrogen) atoms. The molecule has 0 radical (unpaired) electrons. The summed E-state index contributed by atoms with van der Waals surface area (Å²) in [5, 5.41) is 2.85. The minimum atomic E-state index is -0.130. The van der Waals surface area contributed by atoms with Gasteiger partial charge >= 0.3 is 0 Å². The molecule has 106 valence electrons. The third-order valence-corrected chi connectivity index (χ3v) is 3.26. The van der Waals surface area contributed by atoms with Gasteiger partial charge in [0.15, 0.2) is 0 Å². The smallest absolute Gasteiger partial charge is 0.282 e. The molecule has 1 aliphatic rings. The fourth-order valence-electron chi connectivity index (χ4n) is 2.14. The van der Waals surface area contributed by atoms with Crippen LogP contribution in [-0.4, -0.2) is 18.5 Å². The Labute approximate surface area is 122 Å². The number of ether oxygens (including phenoxy) is 1. The van der Waals surface area contributed by atoms with Crippen LogP contribution in [0.3, 0.4) is 0 Å². The predicted octanol–water partition coefficient (Wildman–Crippen LogP) is 2.32. The summed E-state index contributed by atoms with van der Waals surface area (Å²) in [6, 6.07) is 16.8. The molecule has 1 aliphatic heterocycles. The lowest BCUT2D eigenvalue weighted by Gasteiger charge is -2.08. The first-order valence-electron chi connectivity index (χ1n) is 6.65. The highest BCUT2D eigenvalue weighted by Gasteiger charge is 2.18. The first-order chi connectivity index (χ1) is 10.2. The summed E-state index contributed by atoms with van der Waals surface area (Å²) in [4.78, 5) is 16.2. The molecule has 3 rings (SSSR count). The van der Waals surface area contributed by atoms with Crippen LogP contribution in [0.15, 0.2) is 59.6 Å². The van der Waals surface area contributed by atoms with Crippen molar-refractivity contribution in [3.63, 3.8) is 0 Å². The molecule has 1 heterocycles. The zero-order valence-electron chi connectivity index (χ0n) is 11.3. The van der Waals surface area contributed by atoms with Gasteiger partial charge in [-0.2, -0.15) is 0 Å². The largest absolute Gasteiger partial charge is 0.463 e. The van der Waals surface area contributed by atoms with Gasteiger partial charge in [0.1, 0.15) is 12.6 Å². The van der Waals surface area contributed by atoms with Crippen LogP contribution >= 0.6 is 0 Å². The number of amides is 1. The van der Waals surface area contributed by atoms with Gasteiger partial charge < -0.3 is 15.8 Å². The van der Waals surface area contributed by atoms with E-state index in [1.54, 1.807) is 12.1 Å². The number of benzene rings is 2. The van der Waals surface area contributed by atoms with Crippen LogP contribution < -0.4 is 11.1 Å². The highest BCUT2D eigenvalue weighted by molar-refractivity contribution is 6.04. The quantitative estimate of drug-likeness (QED) is 0.906. The summed E-state index contributed by atoms with van der Waals surface area (Å²) in [5.41, 5.74) is 7.87. The Kier molecular flexibility index (Phi) is 3.55. The van der Waals surface area contributed by atoms with Crippen molar-refractivity contribution in [3.8, 4) is 0 Å². The second-order valence-corrected chi connectivity index (χ2v) is 4.74. The summed E-state index contributed by atoms with van der Waals surface area (Å²) < 4.78 is 5.13. The molecule has 0 bridgehead atoms. The summed E-state index contributed by atoms with van der Waals surface area (Å²) in [5.74, 6) is -0.130. The maximum absolute atomic E-state index is 12.0. The number of nitrogens with two attached hydrogens (primary N) is 1. The summed E-state index contributed by atoms with van der Waals surface area (Å²) in [6.45, 7) is 0.460. The molecule has 0 fully saturated rings. The first-order valence-corrected chi connectivity index (χ1v) is 6.65. The molecule has 0 aromatic heterocycles. The Balaban J connectivity index is 1.69. The summed E-state index contributed by atoms with van der Waals surface area (Å²) >= 11 is 0. The SMILES string of the molecule is NC1=N[C@H](c2ccc(NC(=O)c3ccccc3)cc2)CO1. The van der Waals surface area contributed by atoms with E-state index >= 15 is 0 Å². The first kappa shape index (κ1) is 13.2. The number of nitrogens with zero attached hydrogens (tertiary/aromatic N) is 1. The maximum Gasteiger partial charge on any atom is 0.282 e. The molecule has 5 nitrogen and oxygen atoms in total. The van der Waals surface area contributed by atoms with Crippen molar-refractivity contribution in [2.24, 2.45) is 10.7 Å². The van der Waals surface area contributed by atoms with Crippen molar-refractivity contribution in [2.75, 3.05) is 11.9 Å². The number of hydrogen-bond acceptors (Lipinski definition) is 4. The molecule has 5 heteroatoms. The van der Waals surface area contributed by atoms with E-state index < -0.39 is 0 Å².